The Morgan fingerprint density at radius 2 is 2.00 bits per heavy atom. The lowest BCUT2D eigenvalue weighted by Crippen LogP contribution is -2.44. The van der Waals surface area contributed by atoms with Crippen LogP contribution in [0.25, 0.3) is 10.9 Å². The number of pyridine rings is 1. The van der Waals surface area contributed by atoms with Crippen LogP contribution in [0.3, 0.4) is 0 Å². The third kappa shape index (κ3) is 2.97. The molecule has 150 valence electrons. The average molecular weight is 409 g/mol. The number of hydrogen-bond acceptors (Lipinski definition) is 6. The van der Waals surface area contributed by atoms with Gasteiger partial charge in [0.1, 0.15) is 23.4 Å². The van der Waals surface area contributed by atoms with Crippen LogP contribution in [-0.2, 0) is 4.74 Å². The number of alkyl halides is 1. The molecule has 2 aliphatic heterocycles. The SMILES string of the molecule is CCOC(=O)c1c2n(c3cc(N4CCN(C)CC4)c(F)cc3c1=O)C(CF)S2. The molecule has 3 heterocycles. The predicted molar refractivity (Wildman–Crippen MR) is 105 cm³/mol. The van der Waals surface area contributed by atoms with E-state index in [4.69, 9.17) is 4.74 Å². The van der Waals surface area contributed by atoms with Gasteiger partial charge in [-0.25, -0.2) is 13.6 Å². The van der Waals surface area contributed by atoms with Gasteiger partial charge < -0.3 is 19.1 Å². The number of halogens is 2. The molecule has 1 fully saturated rings. The molecule has 2 aliphatic rings. The third-order valence-electron chi connectivity index (χ3n) is 5.22. The van der Waals surface area contributed by atoms with Crippen molar-refractivity contribution in [3.63, 3.8) is 0 Å². The Morgan fingerprint density at radius 3 is 2.64 bits per heavy atom. The van der Waals surface area contributed by atoms with Crippen molar-refractivity contribution in [2.45, 2.75) is 17.3 Å². The maximum Gasteiger partial charge on any atom is 0.344 e. The molecule has 0 bridgehead atoms. The highest BCUT2D eigenvalue weighted by Crippen LogP contribution is 2.47. The van der Waals surface area contributed by atoms with E-state index in [0.29, 0.717) is 29.3 Å². The molecule has 1 unspecified atom stereocenters. The van der Waals surface area contributed by atoms with Crippen molar-refractivity contribution in [1.82, 2.24) is 9.47 Å². The second-order valence-electron chi connectivity index (χ2n) is 6.94. The van der Waals surface area contributed by atoms with Gasteiger partial charge in [0.25, 0.3) is 0 Å². The molecule has 9 heteroatoms. The van der Waals surface area contributed by atoms with Crippen LogP contribution < -0.4 is 10.3 Å². The van der Waals surface area contributed by atoms with E-state index in [1.54, 1.807) is 17.6 Å². The largest absolute Gasteiger partial charge is 0.462 e. The Labute approximate surface area is 165 Å². The number of carbonyl (C=O) groups is 1. The molecule has 1 saturated heterocycles. The van der Waals surface area contributed by atoms with Crippen molar-refractivity contribution in [3.05, 3.63) is 33.7 Å². The number of aromatic nitrogens is 1. The van der Waals surface area contributed by atoms with Crippen LogP contribution in [0.2, 0.25) is 0 Å². The van der Waals surface area contributed by atoms with E-state index in [0.717, 1.165) is 24.9 Å². The number of hydrogen-bond donors (Lipinski definition) is 0. The molecule has 0 radical (unpaired) electrons. The molecule has 0 amide bonds. The van der Waals surface area contributed by atoms with Crippen molar-refractivity contribution >= 4 is 34.3 Å². The number of piperazine rings is 1. The zero-order valence-corrected chi connectivity index (χ0v) is 16.5. The lowest BCUT2D eigenvalue weighted by molar-refractivity contribution is 0.0518. The maximum absolute atomic E-state index is 14.9. The Hall–Kier alpha value is -2.13. The van der Waals surface area contributed by atoms with Crippen LogP contribution in [0.15, 0.2) is 22.0 Å². The van der Waals surface area contributed by atoms with Crippen LogP contribution in [0.5, 0.6) is 0 Å². The van der Waals surface area contributed by atoms with Gasteiger partial charge in [-0.3, -0.25) is 4.79 Å². The van der Waals surface area contributed by atoms with Gasteiger partial charge in [0.15, 0.2) is 0 Å². The molecule has 0 N–H and O–H groups in total. The summed E-state index contributed by atoms with van der Waals surface area (Å²) in [4.78, 5) is 29.3. The molecule has 1 aromatic heterocycles. The molecule has 0 spiro atoms. The number of anilines is 1. The highest BCUT2D eigenvalue weighted by molar-refractivity contribution is 8.00. The van der Waals surface area contributed by atoms with Crippen molar-refractivity contribution in [3.8, 4) is 0 Å². The summed E-state index contributed by atoms with van der Waals surface area (Å²) in [6.07, 6.45) is 0. The van der Waals surface area contributed by atoms with Gasteiger partial charge in [-0.1, -0.05) is 11.8 Å². The minimum atomic E-state index is -0.758. The van der Waals surface area contributed by atoms with E-state index in [2.05, 4.69) is 4.90 Å². The lowest BCUT2D eigenvalue weighted by atomic mass is 10.1. The third-order valence-corrected chi connectivity index (χ3v) is 6.45. The van der Waals surface area contributed by atoms with Crippen LogP contribution in [0, 0.1) is 5.82 Å². The van der Waals surface area contributed by atoms with Gasteiger partial charge in [0, 0.05) is 31.6 Å². The summed E-state index contributed by atoms with van der Waals surface area (Å²) in [5.41, 5.74) is 0.127. The molecule has 2 aromatic rings. The first-order chi connectivity index (χ1) is 13.5. The monoisotopic (exact) mass is 409 g/mol. The smallest absolute Gasteiger partial charge is 0.344 e. The summed E-state index contributed by atoms with van der Waals surface area (Å²) in [5.74, 6) is -1.28. The summed E-state index contributed by atoms with van der Waals surface area (Å²) in [6, 6.07) is 2.78. The van der Waals surface area contributed by atoms with E-state index in [1.807, 2.05) is 11.9 Å². The first kappa shape index (κ1) is 19.2. The first-order valence-corrected chi connectivity index (χ1v) is 10.1. The normalized spacial score (nSPS) is 19.4. The fourth-order valence-electron chi connectivity index (χ4n) is 3.70. The van der Waals surface area contributed by atoms with Crippen LogP contribution in [0.4, 0.5) is 14.5 Å². The number of carbonyl (C=O) groups excluding carboxylic acids is 1. The maximum atomic E-state index is 14.9. The van der Waals surface area contributed by atoms with E-state index in [9.17, 15) is 18.4 Å². The van der Waals surface area contributed by atoms with Crippen molar-refractivity contribution in [2.75, 3.05) is 51.4 Å². The second-order valence-corrected chi connectivity index (χ2v) is 8.10. The summed E-state index contributed by atoms with van der Waals surface area (Å²) in [5, 5.41) is -0.0902. The Kier molecular flexibility index (Phi) is 5.05. The summed E-state index contributed by atoms with van der Waals surface area (Å²) in [6.45, 7) is 4.04. The molecular weight excluding hydrogens is 388 g/mol. The average Bonchev–Trinajstić information content (AvgIpc) is 2.65. The number of esters is 1. The van der Waals surface area contributed by atoms with Crippen molar-refractivity contribution in [1.29, 1.82) is 0 Å². The van der Waals surface area contributed by atoms with Gasteiger partial charge >= 0.3 is 5.97 Å². The van der Waals surface area contributed by atoms with Gasteiger partial charge in [-0.15, -0.1) is 0 Å². The van der Waals surface area contributed by atoms with Crippen LogP contribution in [-0.4, -0.2) is 61.9 Å². The Balaban J connectivity index is 1.90. The quantitative estimate of drug-likeness (QED) is 0.724. The summed E-state index contributed by atoms with van der Waals surface area (Å²) < 4.78 is 35.0. The predicted octanol–water partition coefficient (Wildman–Crippen LogP) is 2.64. The van der Waals surface area contributed by atoms with E-state index < -0.39 is 29.3 Å². The molecule has 6 nitrogen and oxygen atoms in total. The number of benzene rings is 1. The highest BCUT2D eigenvalue weighted by Gasteiger charge is 2.36. The zero-order valence-electron chi connectivity index (χ0n) is 15.7. The molecule has 1 aromatic carbocycles. The molecule has 1 atom stereocenters. The first-order valence-electron chi connectivity index (χ1n) is 9.21. The van der Waals surface area contributed by atoms with E-state index in [-0.39, 0.29) is 17.6 Å². The zero-order chi connectivity index (χ0) is 20.0. The molecular formula is C19H21F2N3O3S. The van der Waals surface area contributed by atoms with Gasteiger partial charge in [-0.05, 0) is 26.1 Å². The second kappa shape index (κ2) is 7.36. The summed E-state index contributed by atoms with van der Waals surface area (Å²) >= 11 is 1.13. The number of likely N-dealkylation sites (N-methyl/N-ethyl adjacent to an activating group) is 1. The van der Waals surface area contributed by atoms with Crippen molar-refractivity contribution in [2.24, 2.45) is 0 Å². The lowest BCUT2D eigenvalue weighted by Gasteiger charge is -2.36. The number of ether oxygens (including phenoxy) is 1. The van der Waals surface area contributed by atoms with Gasteiger partial charge in [-0.2, -0.15) is 0 Å². The molecule has 4 rings (SSSR count). The minimum absolute atomic E-state index is 0.0703. The van der Waals surface area contributed by atoms with Crippen molar-refractivity contribution < 1.29 is 18.3 Å². The van der Waals surface area contributed by atoms with Gasteiger partial charge in [0.05, 0.1) is 22.8 Å². The van der Waals surface area contributed by atoms with Gasteiger partial charge in [0.2, 0.25) is 5.43 Å². The Bertz CT molecular complexity index is 1000. The fourth-order valence-corrected chi connectivity index (χ4v) is 4.82. The topological polar surface area (TPSA) is 54.8 Å². The molecule has 28 heavy (non-hydrogen) atoms. The molecule has 0 saturated carbocycles. The van der Waals surface area contributed by atoms with E-state index >= 15 is 0 Å². The summed E-state index contributed by atoms with van der Waals surface area (Å²) in [7, 11) is 2.01. The highest BCUT2D eigenvalue weighted by atomic mass is 32.2. The standard InChI is InChI=1S/C19H21F2N3O3S/c1-3-27-19(26)16-17(25)11-8-12(21)14(23-6-4-22(2)5-7-23)9-13(11)24-15(10-20)28-18(16)24/h8-9,15H,3-7,10H2,1-2H3. The number of thioether (sulfide) groups is 1. The number of fused-ring (bicyclic) bond motifs is 3. The fraction of sp³-hybridized carbons (Fsp3) is 0.474. The number of nitrogens with zero attached hydrogens (tertiary/aromatic N) is 3. The van der Waals surface area contributed by atoms with E-state index in [1.165, 1.54) is 6.07 Å². The molecule has 0 aliphatic carbocycles. The van der Waals surface area contributed by atoms with Crippen LogP contribution >= 0.6 is 11.8 Å². The van der Waals surface area contributed by atoms with Crippen LogP contribution in [0.1, 0.15) is 22.7 Å². The minimum Gasteiger partial charge on any atom is -0.462 e. The number of rotatable bonds is 4. The Morgan fingerprint density at radius 1 is 1.29 bits per heavy atom.